The van der Waals surface area contributed by atoms with Gasteiger partial charge in [-0.1, -0.05) is 334 Å². The van der Waals surface area contributed by atoms with Gasteiger partial charge in [-0.25, -0.2) is 0 Å². The van der Waals surface area contributed by atoms with Gasteiger partial charge in [-0.15, -0.1) is 0 Å². The van der Waals surface area contributed by atoms with Crippen LogP contribution in [0.5, 0.6) is 0 Å². The summed E-state index contributed by atoms with van der Waals surface area (Å²) in [6, 6.07) is 129. The first-order valence-electron chi connectivity index (χ1n) is 35.7. The van der Waals surface area contributed by atoms with Gasteiger partial charge in [-0.05, 0) is 203 Å². The summed E-state index contributed by atoms with van der Waals surface area (Å²) in [4.78, 5) is 5.02. The summed E-state index contributed by atoms with van der Waals surface area (Å²) in [5, 5.41) is 4.65. The van der Waals surface area contributed by atoms with Crippen molar-refractivity contribution in [3.05, 3.63) is 433 Å². The molecule has 0 amide bonds. The number of benzene rings is 15. The Hall–Kier alpha value is -12.6. The zero-order chi connectivity index (χ0) is 68.1. The van der Waals surface area contributed by atoms with Crippen LogP contribution in [0.4, 0.5) is 34.1 Å². The number of fused-ring (bicyclic) bond motifs is 8. The molecule has 3 aliphatic rings. The summed E-state index contributed by atoms with van der Waals surface area (Å²) in [6.07, 6.45) is 14.5. The minimum atomic E-state index is -0.498. The lowest BCUT2D eigenvalue weighted by Gasteiger charge is -2.37. The average Bonchev–Trinajstić information content (AvgIpc) is 1.53. The van der Waals surface area contributed by atoms with Gasteiger partial charge in [-0.2, -0.15) is 0 Å². The van der Waals surface area contributed by atoms with Crippen LogP contribution < -0.4 is 9.80 Å². The molecule has 3 aliphatic carbocycles. The van der Waals surface area contributed by atoms with E-state index in [2.05, 4.69) is 387 Å². The molecule has 2 unspecified atom stereocenters. The lowest BCUT2D eigenvalue weighted by atomic mass is 9.66. The highest BCUT2D eigenvalue weighted by atomic mass is 15.2. The van der Waals surface area contributed by atoms with Crippen LogP contribution in [0.25, 0.3) is 89.3 Å². The van der Waals surface area contributed by atoms with Crippen molar-refractivity contribution in [3.8, 4) is 55.6 Å². The molecule has 0 radical (unpaired) electrons. The highest BCUT2D eigenvalue weighted by Crippen LogP contribution is 2.59. The van der Waals surface area contributed by atoms with E-state index >= 15 is 0 Å². The van der Waals surface area contributed by atoms with Crippen LogP contribution in [-0.2, 0) is 23.7 Å². The van der Waals surface area contributed by atoms with Crippen molar-refractivity contribution >= 4 is 67.8 Å². The molecule has 0 aliphatic heterocycles. The molecule has 0 spiro atoms. The van der Waals surface area contributed by atoms with Gasteiger partial charge in [0.15, 0.2) is 0 Å². The van der Waals surface area contributed by atoms with Crippen LogP contribution >= 0.6 is 0 Å². The van der Waals surface area contributed by atoms with Gasteiger partial charge in [0.25, 0.3) is 0 Å². The van der Waals surface area contributed by atoms with Gasteiger partial charge in [0.1, 0.15) is 0 Å². The summed E-state index contributed by atoms with van der Waals surface area (Å²) in [6.45, 7) is 8.20. The number of rotatable bonds is 17. The maximum atomic E-state index is 4.10. The lowest BCUT2D eigenvalue weighted by molar-refractivity contribution is 0.584. The summed E-state index contributed by atoms with van der Waals surface area (Å²) in [5.74, 6) is 0. The van der Waals surface area contributed by atoms with Gasteiger partial charge in [-0.3, -0.25) is 0 Å². The number of anilines is 6. The van der Waals surface area contributed by atoms with E-state index in [1.54, 1.807) is 0 Å². The van der Waals surface area contributed by atoms with E-state index in [0.29, 0.717) is 0 Å². The molecule has 0 saturated carbocycles. The normalized spacial score (nSPS) is 15.4. The number of hydrogen-bond acceptors (Lipinski definition) is 2. The Morgan fingerprint density at radius 3 is 1.14 bits per heavy atom. The number of allylic oxidation sites excluding steroid dienone is 4. The fourth-order valence-electron chi connectivity index (χ4n) is 17.2. The van der Waals surface area contributed by atoms with Crippen LogP contribution in [0.15, 0.2) is 383 Å². The summed E-state index contributed by atoms with van der Waals surface area (Å²) < 4.78 is 0. The summed E-state index contributed by atoms with van der Waals surface area (Å²) in [7, 11) is 0. The predicted octanol–water partition coefficient (Wildman–Crippen LogP) is 26.6. The molecule has 2 atom stereocenters. The SMILES string of the molecule is C=Cc1ccc(CC2(C3=CC=CCC3)c3ccccc3-c3ccc(N(c4ccc(-c5ccccc5)cc4)c4ccc(-c5ccc(N(c6ccc(-c7ccccc7)cc6)c6ccc7c(c6)C(Cc6ccc(C=C)cc6)(c6ccccc6)c6ccccc6-7)c6ccccc56)c5ccccc45)cc32)cc1. The summed E-state index contributed by atoms with van der Waals surface area (Å²) >= 11 is 0. The molecule has 0 N–H and O–H groups in total. The molecule has 0 heterocycles. The van der Waals surface area contributed by atoms with Crippen molar-refractivity contribution in [1.82, 2.24) is 0 Å². The molecule has 102 heavy (non-hydrogen) atoms. The van der Waals surface area contributed by atoms with Crippen LogP contribution in [-0.4, -0.2) is 0 Å². The third-order valence-electron chi connectivity index (χ3n) is 22.0. The van der Waals surface area contributed by atoms with E-state index in [0.717, 1.165) is 81.7 Å². The standard InChI is InChI=1S/C100H74N2/c1-3-69-41-45-71(46-42-69)67-99(77-29-13-7-14-30-77)93-39-23-21-35-87(93)89-59-57-81(65-95(89)99)101(79-53-49-75(50-54-79)73-25-9-5-10-26-73)97-63-61-85(83-33-17-19-37-91(83)97)86-62-64-98(92-38-20-18-34-84(86)92)102(80-55-51-76(52-56-80)74-27-11-6-12-28-74)82-58-60-90-88-36-22-24-40-94(88)100(96(90)66-82,78-31-15-8-16-32-78)68-72-47-43-70(4-2)44-48-72/h3-15,17-31,33-66H,1-2,16,32,67-68H2. The van der Waals surface area contributed by atoms with Crippen molar-refractivity contribution < 1.29 is 0 Å². The predicted molar refractivity (Wildman–Crippen MR) is 432 cm³/mol. The number of hydrogen-bond donors (Lipinski definition) is 0. The number of nitrogens with zero attached hydrogens (tertiary/aromatic N) is 2. The maximum Gasteiger partial charge on any atom is 0.0540 e. The van der Waals surface area contributed by atoms with Crippen LogP contribution in [0.1, 0.15) is 62.9 Å². The Bertz CT molecular complexity index is 5770. The van der Waals surface area contributed by atoms with Crippen LogP contribution in [0, 0.1) is 0 Å². The first kappa shape index (κ1) is 61.7. The molecular formula is C100H74N2. The molecule has 484 valence electrons. The quantitative estimate of drug-likeness (QED) is 0.0896. The highest BCUT2D eigenvalue weighted by Gasteiger charge is 2.47. The molecule has 2 nitrogen and oxygen atoms in total. The van der Waals surface area contributed by atoms with E-state index in [9.17, 15) is 0 Å². The second-order valence-corrected chi connectivity index (χ2v) is 27.5. The van der Waals surface area contributed by atoms with Crippen LogP contribution in [0.3, 0.4) is 0 Å². The molecule has 15 aromatic carbocycles. The Kier molecular flexibility index (Phi) is 15.7. The summed E-state index contributed by atoms with van der Waals surface area (Å²) in [5.41, 5.74) is 30.6. The minimum Gasteiger partial charge on any atom is -0.310 e. The second kappa shape index (κ2) is 25.9. The van der Waals surface area contributed by atoms with Crippen molar-refractivity contribution in [2.75, 3.05) is 9.80 Å². The first-order chi connectivity index (χ1) is 50.4. The molecule has 2 heteroatoms. The Morgan fingerprint density at radius 2 is 0.676 bits per heavy atom. The Balaban J connectivity index is 0.810. The molecule has 0 fully saturated rings. The van der Waals surface area contributed by atoms with Crippen molar-refractivity contribution in [3.63, 3.8) is 0 Å². The third-order valence-corrected chi connectivity index (χ3v) is 22.0. The highest BCUT2D eigenvalue weighted by molar-refractivity contribution is 6.13. The van der Waals surface area contributed by atoms with E-state index in [-0.39, 0.29) is 0 Å². The molecule has 15 aromatic rings. The lowest BCUT2D eigenvalue weighted by Crippen LogP contribution is -2.31. The van der Waals surface area contributed by atoms with E-state index in [4.69, 9.17) is 0 Å². The van der Waals surface area contributed by atoms with Gasteiger partial charge >= 0.3 is 0 Å². The van der Waals surface area contributed by atoms with Gasteiger partial charge < -0.3 is 9.80 Å². The Morgan fingerprint density at radius 1 is 0.304 bits per heavy atom. The molecular weight excluding hydrogens is 1230 g/mol. The minimum absolute atomic E-state index is 0.413. The molecule has 18 rings (SSSR count). The van der Waals surface area contributed by atoms with E-state index in [1.807, 2.05) is 12.2 Å². The molecule has 0 saturated heterocycles. The smallest absolute Gasteiger partial charge is 0.0540 e. The van der Waals surface area contributed by atoms with Crippen molar-refractivity contribution in [2.24, 2.45) is 0 Å². The molecule has 0 aromatic heterocycles. The Labute approximate surface area is 598 Å². The average molecular weight is 1300 g/mol. The largest absolute Gasteiger partial charge is 0.310 e. The van der Waals surface area contributed by atoms with Crippen molar-refractivity contribution in [1.29, 1.82) is 0 Å². The molecule has 0 bridgehead atoms. The van der Waals surface area contributed by atoms with Gasteiger partial charge in [0.2, 0.25) is 0 Å². The fraction of sp³-hybridized carbons (Fsp3) is 0.0600. The monoisotopic (exact) mass is 1300 g/mol. The van der Waals surface area contributed by atoms with Crippen molar-refractivity contribution in [2.45, 2.75) is 36.5 Å². The van der Waals surface area contributed by atoms with Gasteiger partial charge in [0.05, 0.1) is 16.8 Å². The zero-order valence-corrected chi connectivity index (χ0v) is 56.9. The fourth-order valence-corrected chi connectivity index (χ4v) is 17.2. The zero-order valence-electron chi connectivity index (χ0n) is 56.9. The second-order valence-electron chi connectivity index (χ2n) is 27.5. The third kappa shape index (κ3) is 10.5. The topological polar surface area (TPSA) is 6.48 Å². The van der Waals surface area contributed by atoms with E-state index < -0.39 is 10.8 Å². The van der Waals surface area contributed by atoms with E-state index in [1.165, 1.54) is 111 Å². The maximum absolute atomic E-state index is 4.10. The first-order valence-corrected chi connectivity index (χ1v) is 35.7. The van der Waals surface area contributed by atoms with Gasteiger partial charge in [0, 0.05) is 38.9 Å². The van der Waals surface area contributed by atoms with Crippen LogP contribution in [0.2, 0.25) is 0 Å².